The molecule has 0 aliphatic rings. The van der Waals surface area contributed by atoms with E-state index in [9.17, 15) is 9.59 Å². The average Bonchev–Trinajstić information content (AvgIpc) is 2.12. The number of rotatable bonds is 5. The Bertz CT molecular complexity index is 442. The number of carbonyl (C=O) groups is 2. The number of halogens is 2. The molecule has 0 fully saturated rings. The predicted molar refractivity (Wildman–Crippen MR) is 71.1 cm³/mol. The van der Waals surface area contributed by atoms with Crippen LogP contribution in [0.2, 0.25) is 10.0 Å². The van der Waals surface area contributed by atoms with Crippen molar-refractivity contribution < 1.29 is 14.7 Å². The molecular weight excluding hydrogens is 277 g/mol. The summed E-state index contributed by atoms with van der Waals surface area (Å²) >= 11 is 11.6. The van der Waals surface area contributed by atoms with Gasteiger partial charge in [0.15, 0.2) is 0 Å². The van der Waals surface area contributed by atoms with Crippen LogP contribution in [0.15, 0.2) is 18.2 Å². The Kier molecular flexibility index (Phi) is 5.44. The molecule has 1 rings (SSSR count). The highest BCUT2D eigenvalue weighted by Gasteiger charge is 2.13. The molecule has 0 radical (unpaired) electrons. The summed E-state index contributed by atoms with van der Waals surface area (Å²) in [4.78, 5) is 22.1. The van der Waals surface area contributed by atoms with Gasteiger partial charge in [-0.3, -0.25) is 9.59 Å². The lowest BCUT2D eigenvalue weighted by Gasteiger charge is -2.10. The molecule has 18 heavy (non-hydrogen) atoms. The maximum absolute atomic E-state index is 11.6. The lowest BCUT2D eigenvalue weighted by Crippen LogP contribution is -2.16. The Morgan fingerprint density at radius 2 is 1.78 bits per heavy atom. The molecule has 4 nitrogen and oxygen atoms in total. The molecule has 0 saturated heterocycles. The zero-order valence-electron chi connectivity index (χ0n) is 9.74. The molecule has 0 unspecified atom stereocenters. The first kappa shape index (κ1) is 14.8. The summed E-state index contributed by atoms with van der Waals surface area (Å²) in [5, 5.41) is 12.1. The van der Waals surface area contributed by atoms with Crippen LogP contribution >= 0.6 is 23.2 Å². The number of carbonyl (C=O) groups excluding carboxylic acids is 1. The summed E-state index contributed by atoms with van der Waals surface area (Å²) in [5.41, 5.74) is 0.500. The van der Waals surface area contributed by atoms with E-state index in [1.807, 2.05) is 0 Å². The van der Waals surface area contributed by atoms with Gasteiger partial charge in [0.05, 0.1) is 0 Å². The Morgan fingerprint density at radius 3 is 2.28 bits per heavy atom. The second-order valence-corrected chi connectivity index (χ2v) is 4.99. The quantitative estimate of drug-likeness (QED) is 0.873. The topological polar surface area (TPSA) is 66.4 Å². The van der Waals surface area contributed by atoms with Gasteiger partial charge in [-0.1, -0.05) is 30.1 Å². The van der Waals surface area contributed by atoms with Gasteiger partial charge >= 0.3 is 5.97 Å². The SMILES string of the molecule is C[C@@H](CC(=O)O)CC(=O)Nc1cc(Cl)cc(Cl)c1. The van der Waals surface area contributed by atoms with Crippen LogP contribution in [0.3, 0.4) is 0 Å². The van der Waals surface area contributed by atoms with E-state index in [0.717, 1.165) is 0 Å². The molecule has 0 bridgehead atoms. The van der Waals surface area contributed by atoms with Gasteiger partial charge in [-0.15, -0.1) is 0 Å². The third-order valence-electron chi connectivity index (χ3n) is 2.20. The number of carboxylic acid groups (broad SMARTS) is 1. The van der Waals surface area contributed by atoms with Crippen LogP contribution in [-0.4, -0.2) is 17.0 Å². The van der Waals surface area contributed by atoms with Crippen LogP contribution in [0, 0.1) is 5.92 Å². The summed E-state index contributed by atoms with van der Waals surface area (Å²) in [6, 6.07) is 4.71. The maximum Gasteiger partial charge on any atom is 0.303 e. The second kappa shape index (κ2) is 6.61. The standard InChI is InChI=1S/C12H13Cl2NO3/c1-7(3-12(17)18)2-11(16)15-10-5-8(13)4-9(14)6-10/h4-7H,2-3H2,1H3,(H,15,16)(H,17,18)/t7-/m1/s1. The second-order valence-electron chi connectivity index (χ2n) is 4.11. The van der Waals surface area contributed by atoms with Crippen molar-refractivity contribution in [2.24, 2.45) is 5.92 Å². The first-order chi connectivity index (χ1) is 8.36. The van der Waals surface area contributed by atoms with Crippen LogP contribution in [0.1, 0.15) is 19.8 Å². The fourth-order valence-corrected chi connectivity index (χ4v) is 2.05. The fourth-order valence-electron chi connectivity index (χ4n) is 1.52. The molecule has 6 heteroatoms. The van der Waals surface area contributed by atoms with Gasteiger partial charge < -0.3 is 10.4 Å². The molecule has 0 spiro atoms. The zero-order valence-corrected chi connectivity index (χ0v) is 11.3. The number of benzene rings is 1. The van der Waals surface area contributed by atoms with E-state index in [-0.39, 0.29) is 24.7 Å². The number of carboxylic acids is 1. The fraction of sp³-hybridized carbons (Fsp3) is 0.333. The van der Waals surface area contributed by atoms with Crippen LogP contribution < -0.4 is 5.32 Å². The molecule has 98 valence electrons. The van der Waals surface area contributed by atoms with Gasteiger partial charge in [-0.05, 0) is 24.1 Å². The first-order valence-electron chi connectivity index (χ1n) is 5.34. The first-order valence-corrected chi connectivity index (χ1v) is 6.10. The van der Waals surface area contributed by atoms with Crippen molar-refractivity contribution in [2.75, 3.05) is 5.32 Å². The molecule has 0 saturated carbocycles. The van der Waals surface area contributed by atoms with Gasteiger partial charge in [0.25, 0.3) is 0 Å². The third-order valence-corrected chi connectivity index (χ3v) is 2.64. The molecule has 2 N–H and O–H groups in total. The Balaban J connectivity index is 2.56. The summed E-state index contributed by atoms with van der Waals surface area (Å²) < 4.78 is 0. The number of amides is 1. The molecule has 1 amide bonds. The lowest BCUT2D eigenvalue weighted by molar-refractivity contribution is -0.138. The Labute approximate surface area is 115 Å². The number of aliphatic carboxylic acids is 1. The molecule has 0 heterocycles. The van der Waals surface area contributed by atoms with Crippen molar-refractivity contribution >= 4 is 40.8 Å². The molecule has 0 aliphatic carbocycles. The van der Waals surface area contributed by atoms with Crippen LogP contribution in [0.25, 0.3) is 0 Å². The normalized spacial score (nSPS) is 11.9. The molecular formula is C12H13Cl2NO3. The number of anilines is 1. The largest absolute Gasteiger partial charge is 0.481 e. The highest BCUT2D eigenvalue weighted by atomic mass is 35.5. The zero-order chi connectivity index (χ0) is 13.7. The van der Waals surface area contributed by atoms with Gasteiger partial charge in [0, 0.05) is 28.6 Å². The molecule has 1 aromatic carbocycles. The summed E-state index contributed by atoms with van der Waals surface area (Å²) in [6.07, 6.45) is 0.0974. The van der Waals surface area contributed by atoms with Crippen LogP contribution in [0.5, 0.6) is 0 Å². The van der Waals surface area contributed by atoms with Crippen molar-refractivity contribution in [1.82, 2.24) is 0 Å². The van der Waals surface area contributed by atoms with Crippen molar-refractivity contribution in [2.45, 2.75) is 19.8 Å². The van der Waals surface area contributed by atoms with Crippen molar-refractivity contribution in [3.05, 3.63) is 28.2 Å². The lowest BCUT2D eigenvalue weighted by atomic mass is 10.0. The van der Waals surface area contributed by atoms with Crippen molar-refractivity contribution in [3.8, 4) is 0 Å². The third kappa shape index (κ3) is 5.38. The van der Waals surface area contributed by atoms with E-state index >= 15 is 0 Å². The number of hydrogen-bond donors (Lipinski definition) is 2. The maximum atomic E-state index is 11.6. The minimum absolute atomic E-state index is 0.0380. The predicted octanol–water partition coefficient (Wildman–Crippen LogP) is 3.43. The number of nitrogens with one attached hydrogen (secondary N) is 1. The van der Waals surface area contributed by atoms with E-state index in [0.29, 0.717) is 15.7 Å². The van der Waals surface area contributed by atoms with Gasteiger partial charge in [0.2, 0.25) is 5.91 Å². The molecule has 0 aliphatic heterocycles. The smallest absolute Gasteiger partial charge is 0.303 e. The van der Waals surface area contributed by atoms with E-state index in [2.05, 4.69) is 5.32 Å². The molecule has 1 atom stereocenters. The summed E-state index contributed by atoms with van der Waals surface area (Å²) in [7, 11) is 0. The highest BCUT2D eigenvalue weighted by molar-refractivity contribution is 6.35. The highest BCUT2D eigenvalue weighted by Crippen LogP contribution is 2.22. The Morgan fingerprint density at radius 1 is 1.22 bits per heavy atom. The molecule has 1 aromatic rings. The van der Waals surface area contributed by atoms with E-state index < -0.39 is 5.97 Å². The van der Waals surface area contributed by atoms with E-state index in [1.165, 1.54) is 0 Å². The van der Waals surface area contributed by atoms with Crippen LogP contribution in [0.4, 0.5) is 5.69 Å². The van der Waals surface area contributed by atoms with Crippen molar-refractivity contribution in [3.63, 3.8) is 0 Å². The Hall–Kier alpha value is -1.26. The summed E-state index contributed by atoms with van der Waals surface area (Å²) in [6.45, 7) is 1.71. The summed E-state index contributed by atoms with van der Waals surface area (Å²) in [5.74, 6) is -1.40. The van der Waals surface area contributed by atoms with E-state index in [4.69, 9.17) is 28.3 Å². The van der Waals surface area contributed by atoms with Crippen LogP contribution in [-0.2, 0) is 9.59 Å². The van der Waals surface area contributed by atoms with Gasteiger partial charge in [-0.2, -0.15) is 0 Å². The minimum Gasteiger partial charge on any atom is -0.481 e. The molecule has 0 aromatic heterocycles. The van der Waals surface area contributed by atoms with E-state index in [1.54, 1.807) is 25.1 Å². The minimum atomic E-state index is -0.916. The monoisotopic (exact) mass is 289 g/mol. The average molecular weight is 290 g/mol. The van der Waals surface area contributed by atoms with Gasteiger partial charge in [0.1, 0.15) is 0 Å². The van der Waals surface area contributed by atoms with Crippen molar-refractivity contribution in [1.29, 1.82) is 0 Å². The van der Waals surface area contributed by atoms with Gasteiger partial charge in [-0.25, -0.2) is 0 Å². The number of hydrogen-bond acceptors (Lipinski definition) is 2.